The summed E-state index contributed by atoms with van der Waals surface area (Å²) in [7, 11) is 0. The highest BCUT2D eigenvalue weighted by Gasteiger charge is 2.55. The van der Waals surface area contributed by atoms with Crippen LogP contribution in [0.25, 0.3) is 0 Å². The lowest BCUT2D eigenvalue weighted by atomic mass is 9.49. The Morgan fingerprint density at radius 2 is 1.70 bits per heavy atom. The van der Waals surface area contributed by atoms with E-state index < -0.39 is 0 Å². The standard InChI is InChI=1S/C20H26N2O/c21-18-2-1-17-12-22(4-3-16(17)8-18)19(23)20-9-13-5-14(10-20)7-15(6-13)11-20/h1-2,8,13-15H,3-7,9-12,21H2. The van der Waals surface area contributed by atoms with Gasteiger partial charge in [0.05, 0.1) is 5.41 Å². The highest BCUT2D eigenvalue weighted by atomic mass is 16.2. The molecule has 0 spiro atoms. The van der Waals surface area contributed by atoms with Crippen molar-refractivity contribution < 1.29 is 4.79 Å². The Bertz CT molecular complexity index is 630. The van der Waals surface area contributed by atoms with Crippen LogP contribution in [-0.2, 0) is 17.8 Å². The number of nitrogens with two attached hydrogens (primary N) is 1. The fourth-order valence-electron chi connectivity index (χ4n) is 6.45. The number of hydrogen-bond donors (Lipinski definition) is 1. The Morgan fingerprint density at radius 1 is 1.04 bits per heavy atom. The van der Waals surface area contributed by atoms with E-state index in [1.54, 1.807) is 0 Å². The first-order valence-electron chi connectivity index (χ1n) is 9.28. The molecule has 0 unspecified atom stereocenters. The molecule has 23 heavy (non-hydrogen) atoms. The van der Waals surface area contributed by atoms with E-state index in [2.05, 4.69) is 17.0 Å². The second kappa shape index (κ2) is 4.75. The lowest BCUT2D eigenvalue weighted by molar-refractivity contribution is -0.158. The molecule has 1 aromatic rings. The summed E-state index contributed by atoms with van der Waals surface area (Å²) in [5.74, 6) is 2.98. The first-order chi connectivity index (χ1) is 11.1. The van der Waals surface area contributed by atoms with Gasteiger partial charge in [-0.3, -0.25) is 4.79 Å². The van der Waals surface area contributed by atoms with Gasteiger partial charge in [0, 0.05) is 18.8 Å². The van der Waals surface area contributed by atoms with Crippen molar-refractivity contribution in [2.24, 2.45) is 23.2 Å². The molecule has 4 aliphatic carbocycles. The average Bonchev–Trinajstić information content (AvgIpc) is 2.52. The molecule has 1 aliphatic heterocycles. The van der Waals surface area contributed by atoms with Crippen molar-refractivity contribution in [3.63, 3.8) is 0 Å². The maximum atomic E-state index is 13.4. The summed E-state index contributed by atoms with van der Waals surface area (Å²) in [4.78, 5) is 15.6. The summed E-state index contributed by atoms with van der Waals surface area (Å²) in [6.45, 7) is 1.66. The van der Waals surface area contributed by atoms with Crippen molar-refractivity contribution in [2.75, 3.05) is 12.3 Å². The topological polar surface area (TPSA) is 46.3 Å². The Kier molecular flexibility index (Phi) is 2.87. The van der Waals surface area contributed by atoms with Crippen LogP contribution >= 0.6 is 0 Å². The van der Waals surface area contributed by atoms with Crippen molar-refractivity contribution in [2.45, 2.75) is 51.5 Å². The summed E-state index contributed by atoms with van der Waals surface area (Å²) in [6.07, 6.45) is 8.66. The zero-order chi connectivity index (χ0) is 15.6. The van der Waals surface area contributed by atoms with Crippen molar-refractivity contribution >= 4 is 11.6 Å². The van der Waals surface area contributed by atoms with E-state index in [4.69, 9.17) is 5.73 Å². The van der Waals surface area contributed by atoms with Crippen LogP contribution in [0.1, 0.15) is 49.7 Å². The molecule has 3 heteroatoms. The number of nitrogens with zero attached hydrogens (tertiary/aromatic N) is 1. The highest BCUT2D eigenvalue weighted by Crippen LogP contribution is 2.60. The summed E-state index contributed by atoms with van der Waals surface area (Å²) in [5, 5.41) is 0. The van der Waals surface area contributed by atoms with Crippen LogP contribution < -0.4 is 5.73 Å². The molecular weight excluding hydrogens is 284 g/mol. The van der Waals surface area contributed by atoms with Gasteiger partial charge in [-0.05, 0) is 86.0 Å². The molecular formula is C20H26N2O. The molecule has 1 amide bonds. The van der Waals surface area contributed by atoms with Crippen LogP contribution in [-0.4, -0.2) is 17.4 Å². The predicted molar refractivity (Wildman–Crippen MR) is 90.6 cm³/mol. The van der Waals surface area contributed by atoms with E-state index in [-0.39, 0.29) is 5.41 Å². The Morgan fingerprint density at radius 3 is 2.35 bits per heavy atom. The molecule has 0 atom stereocenters. The van der Waals surface area contributed by atoms with Gasteiger partial charge in [0.1, 0.15) is 0 Å². The van der Waals surface area contributed by atoms with Gasteiger partial charge in [-0.2, -0.15) is 0 Å². The molecule has 4 fully saturated rings. The number of carbonyl (C=O) groups is 1. The molecule has 3 nitrogen and oxygen atoms in total. The van der Waals surface area contributed by atoms with Crippen LogP contribution in [0.2, 0.25) is 0 Å². The summed E-state index contributed by atoms with van der Waals surface area (Å²) in [5.41, 5.74) is 9.36. The van der Waals surface area contributed by atoms with Gasteiger partial charge in [0.25, 0.3) is 0 Å². The van der Waals surface area contributed by atoms with E-state index in [1.807, 2.05) is 6.07 Å². The van der Waals surface area contributed by atoms with Crippen LogP contribution in [0.15, 0.2) is 18.2 Å². The first kappa shape index (κ1) is 13.9. The Balaban J connectivity index is 1.40. The predicted octanol–water partition coefficient (Wildman–Crippen LogP) is 3.37. The minimum atomic E-state index is 0.0000610. The van der Waals surface area contributed by atoms with Crippen LogP contribution in [0, 0.1) is 23.2 Å². The molecule has 0 saturated heterocycles. The normalized spacial score (nSPS) is 37.7. The molecule has 5 aliphatic rings. The first-order valence-corrected chi connectivity index (χ1v) is 9.28. The molecule has 0 aromatic heterocycles. The summed E-state index contributed by atoms with van der Waals surface area (Å²) >= 11 is 0. The number of carbonyl (C=O) groups excluding carboxylic acids is 1. The molecule has 122 valence electrons. The van der Waals surface area contributed by atoms with Crippen molar-refractivity contribution in [3.05, 3.63) is 29.3 Å². The monoisotopic (exact) mass is 310 g/mol. The van der Waals surface area contributed by atoms with Crippen LogP contribution in [0.5, 0.6) is 0 Å². The molecule has 1 aromatic carbocycles. The van der Waals surface area contributed by atoms with E-state index in [1.165, 1.54) is 49.7 Å². The SMILES string of the molecule is Nc1ccc2c(c1)CCN(C(=O)C13CC4CC(CC(C4)C1)C3)C2. The summed E-state index contributed by atoms with van der Waals surface area (Å²) in [6, 6.07) is 6.17. The van der Waals surface area contributed by atoms with E-state index in [0.29, 0.717) is 5.91 Å². The third kappa shape index (κ3) is 2.12. The zero-order valence-corrected chi connectivity index (χ0v) is 13.8. The number of rotatable bonds is 1. The lowest BCUT2D eigenvalue weighted by Gasteiger charge is -2.56. The molecule has 2 N–H and O–H groups in total. The number of hydrogen-bond acceptors (Lipinski definition) is 2. The fourth-order valence-corrected chi connectivity index (χ4v) is 6.45. The van der Waals surface area contributed by atoms with E-state index >= 15 is 0 Å². The minimum absolute atomic E-state index is 0.0000610. The fraction of sp³-hybridized carbons (Fsp3) is 0.650. The average molecular weight is 310 g/mol. The second-order valence-electron chi connectivity index (χ2n) is 8.70. The molecule has 1 heterocycles. The van der Waals surface area contributed by atoms with Crippen molar-refractivity contribution in [1.29, 1.82) is 0 Å². The van der Waals surface area contributed by atoms with Gasteiger partial charge >= 0.3 is 0 Å². The number of fused-ring (bicyclic) bond motifs is 1. The largest absolute Gasteiger partial charge is 0.399 e. The van der Waals surface area contributed by atoms with Gasteiger partial charge < -0.3 is 10.6 Å². The van der Waals surface area contributed by atoms with Gasteiger partial charge in [-0.25, -0.2) is 0 Å². The number of anilines is 1. The molecule has 6 rings (SSSR count). The number of nitrogen functional groups attached to an aromatic ring is 1. The highest BCUT2D eigenvalue weighted by molar-refractivity contribution is 5.83. The van der Waals surface area contributed by atoms with Crippen LogP contribution in [0.4, 0.5) is 5.69 Å². The van der Waals surface area contributed by atoms with Crippen LogP contribution in [0.3, 0.4) is 0 Å². The molecule has 4 saturated carbocycles. The number of benzene rings is 1. The van der Waals surface area contributed by atoms with Gasteiger partial charge in [-0.15, -0.1) is 0 Å². The zero-order valence-electron chi connectivity index (χ0n) is 13.8. The van der Waals surface area contributed by atoms with Gasteiger partial charge in [0.15, 0.2) is 0 Å². The van der Waals surface area contributed by atoms with Crippen molar-refractivity contribution in [1.82, 2.24) is 4.90 Å². The van der Waals surface area contributed by atoms with Crippen molar-refractivity contribution in [3.8, 4) is 0 Å². The molecule has 0 radical (unpaired) electrons. The minimum Gasteiger partial charge on any atom is -0.399 e. The van der Waals surface area contributed by atoms with E-state index in [0.717, 1.165) is 43.0 Å². The Hall–Kier alpha value is -1.51. The third-order valence-electron chi connectivity index (χ3n) is 7.02. The maximum Gasteiger partial charge on any atom is 0.229 e. The quantitative estimate of drug-likeness (QED) is 0.808. The maximum absolute atomic E-state index is 13.4. The third-order valence-corrected chi connectivity index (χ3v) is 7.02. The van der Waals surface area contributed by atoms with Gasteiger partial charge in [-0.1, -0.05) is 6.07 Å². The number of amides is 1. The molecule has 4 bridgehead atoms. The lowest BCUT2D eigenvalue weighted by Crippen LogP contribution is -2.55. The summed E-state index contributed by atoms with van der Waals surface area (Å²) < 4.78 is 0. The van der Waals surface area contributed by atoms with Gasteiger partial charge in [0.2, 0.25) is 5.91 Å². The Labute approximate surface area is 138 Å². The van der Waals surface area contributed by atoms with E-state index in [9.17, 15) is 4.79 Å². The smallest absolute Gasteiger partial charge is 0.229 e. The second-order valence-corrected chi connectivity index (χ2v) is 8.70.